The molecule has 0 spiro atoms. The molecule has 2 aromatic carbocycles. The minimum Gasteiger partial charge on any atom is -0.356 e. The van der Waals surface area contributed by atoms with Gasteiger partial charge in [0.1, 0.15) is 5.82 Å². The Morgan fingerprint density at radius 1 is 1.06 bits per heavy atom. The number of hydrogen-bond donors (Lipinski definition) is 1. The first-order valence-corrected chi connectivity index (χ1v) is 11.4. The van der Waals surface area contributed by atoms with E-state index in [0.29, 0.717) is 24.5 Å². The molecule has 1 saturated heterocycles. The topological polar surface area (TPSA) is 52.7 Å². The Labute approximate surface area is 194 Å². The highest BCUT2D eigenvalue weighted by Gasteiger charge is 2.33. The fourth-order valence-corrected chi connectivity index (χ4v) is 4.35. The Morgan fingerprint density at radius 3 is 2.34 bits per heavy atom. The van der Waals surface area contributed by atoms with E-state index in [2.05, 4.69) is 24.1 Å². The normalized spacial score (nSPS) is 20.1. The maximum Gasteiger partial charge on any atom is 0.223 e. The standard InChI is InChI=1S/C25H31ClFN3O2/c1-17-15-30(18(2)14-29(17)16-20-4-10-24(27)11-5-20)25(32)12-22(13-28-19(3)31)21-6-8-23(26)9-7-21/h4-11,17-18,22H,12-16H2,1-3H3,(H,28,31). The first-order valence-electron chi connectivity index (χ1n) is 11.0. The molecule has 0 bridgehead atoms. The molecule has 0 aliphatic carbocycles. The van der Waals surface area contributed by atoms with Crippen LogP contribution in [-0.4, -0.2) is 53.3 Å². The molecule has 1 aliphatic heterocycles. The van der Waals surface area contributed by atoms with Crippen LogP contribution in [0.25, 0.3) is 0 Å². The SMILES string of the molecule is CC(=O)NCC(CC(=O)N1CC(C)N(Cc2ccc(F)cc2)CC1C)c1ccc(Cl)cc1. The van der Waals surface area contributed by atoms with Crippen molar-refractivity contribution in [2.24, 2.45) is 0 Å². The van der Waals surface area contributed by atoms with Gasteiger partial charge in [0.05, 0.1) is 0 Å². The zero-order valence-electron chi connectivity index (χ0n) is 18.9. The lowest BCUT2D eigenvalue weighted by molar-refractivity contribution is -0.138. The average molecular weight is 460 g/mol. The monoisotopic (exact) mass is 459 g/mol. The number of nitrogens with zero attached hydrogens (tertiary/aromatic N) is 2. The molecule has 32 heavy (non-hydrogen) atoms. The summed E-state index contributed by atoms with van der Waals surface area (Å²) in [6, 6.07) is 14.3. The van der Waals surface area contributed by atoms with Crippen molar-refractivity contribution in [1.29, 1.82) is 0 Å². The van der Waals surface area contributed by atoms with Crippen LogP contribution < -0.4 is 5.32 Å². The maximum atomic E-state index is 13.3. The van der Waals surface area contributed by atoms with Crippen molar-refractivity contribution in [3.05, 3.63) is 70.5 Å². The first kappa shape index (κ1) is 24.2. The molecule has 5 nitrogen and oxygen atoms in total. The molecule has 3 rings (SSSR count). The molecule has 7 heteroatoms. The van der Waals surface area contributed by atoms with Crippen molar-refractivity contribution in [1.82, 2.24) is 15.1 Å². The molecule has 0 aromatic heterocycles. The number of carbonyl (C=O) groups is 2. The van der Waals surface area contributed by atoms with Gasteiger partial charge in [-0.1, -0.05) is 35.9 Å². The Balaban J connectivity index is 1.65. The lowest BCUT2D eigenvalue weighted by Crippen LogP contribution is -2.57. The summed E-state index contributed by atoms with van der Waals surface area (Å²) < 4.78 is 13.2. The highest BCUT2D eigenvalue weighted by Crippen LogP contribution is 2.25. The summed E-state index contributed by atoms with van der Waals surface area (Å²) >= 11 is 6.02. The zero-order chi connectivity index (χ0) is 23.3. The van der Waals surface area contributed by atoms with Crippen molar-refractivity contribution in [3.63, 3.8) is 0 Å². The quantitative estimate of drug-likeness (QED) is 0.674. The predicted molar refractivity (Wildman–Crippen MR) is 125 cm³/mol. The number of amides is 2. The minimum atomic E-state index is -0.236. The van der Waals surface area contributed by atoms with Crippen molar-refractivity contribution in [3.8, 4) is 0 Å². The van der Waals surface area contributed by atoms with Crippen molar-refractivity contribution >= 4 is 23.4 Å². The third-order valence-electron chi connectivity index (χ3n) is 6.09. The van der Waals surface area contributed by atoms with E-state index in [1.54, 1.807) is 12.1 Å². The fourth-order valence-electron chi connectivity index (χ4n) is 4.23. The van der Waals surface area contributed by atoms with Gasteiger partial charge >= 0.3 is 0 Å². The molecule has 172 valence electrons. The summed E-state index contributed by atoms with van der Waals surface area (Å²) in [6.45, 7) is 8.16. The minimum absolute atomic E-state index is 0.0609. The maximum absolute atomic E-state index is 13.3. The van der Waals surface area contributed by atoms with Gasteiger partial charge < -0.3 is 10.2 Å². The van der Waals surface area contributed by atoms with Crippen LogP contribution in [0, 0.1) is 5.82 Å². The molecule has 1 heterocycles. The van der Waals surface area contributed by atoms with Crippen molar-refractivity contribution in [2.45, 2.75) is 51.7 Å². The van der Waals surface area contributed by atoms with Gasteiger partial charge in [0.2, 0.25) is 11.8 Å². The van der Waals surface area contributed by atoms with Crippen LogP contribution in [0.3, 0.4) is 0 Å². The van der Waals surface area contributed by atoms with Gasteiger partial charge in [-0.15, -0.1) is 0 Å². The van der Waals surface area contributed by atoms with Crippen LogP contribution in [0.4, 0.5) is 4.39 Å². The average Bonchev–Trinajstić information content (AvgIpc) is 2.75. The fraction of sp³-hybridized carbons (Fsp3) is 0.440. The van der Waals surface area contributed by atoms with Gasteiger partial charge in [0, 0.05) is 62.5 Å². The number of halogens is 2. The molecule has 1 aliphatic rings. The van der Waals surface area contributed by atoms with Crippen LogP contribution in [0.1, 0.15) is 44.2 Å². The second kappa shape index (κ2) is 10.9. The number of carbonyl (C=O) groups excluding carboxylic acids is 2. The Hall–Kier alpha value is -2.44. The Kier molecular flexibility index (Phi) is 8.26. The molecule has 0 saturated carbocycles. The Morgan fingerprint density at radius 2 is 1.72 bits per heavy atom. The van der Waals surface area contributed by atoms with E-state index in [0.717, 1.165) is 24.2 Å². The summed E-state index contributed by atoms with van der Waals surface area (Å²) in [5.74, 6) is -0.396. The third kappa shape index (κ3) is 6.53. The van der Waals surface area contributed by atoms with Crippen LogP contribution >= 0.6 is 11.6 Å². The number of nitrogens with one attached hydrogen (secondary N) is 1. The second-order valence-electron chi connectivity index (χ2n) is 8.69. The number of benzene rings is 2. The summed E-state index contributed by atoms with van der Waals surface area (Å²) in [5, 5.41) is 3.48. The first-order chi connectivity index (χ1) is 15.2. The Bertz CT molecular complexity index is 920. The summed E-state index contributed by atoms with van der Waals surface area (Å²) in [4.78, 5) is 29.0. The van der Waals surface area contributed by atoms with Crippen LogP contribution in [0.2, 0.25) is 5.02 Å². The van der Waals surface area contributed by atoms with Crippen LogP contribution in [0.15, 0.2) is 48.5 Å². The lowest BCUT2D eigenvalue weighted by atomic mass is 9.94. The van der Waals surface area contributed by atoms with Gasteiger partial charge in [-0.3, -0.25) is 14.5 Å². The van der Waals surface area contributed by atoms with E-state index < -0.39 is 0 Å². The molecule has 2 aromatic rings. The number of piperazine rings is 1. The van der Waals surface area contributed by atoms with Crippen molar-refractivity contribution in [2.75, 3.05) is 19.6 Å². The third-order valence-corrected chi connectivity index (χ3v) is 6.35. The summed E-state index contributed by atoms with van der Waals surface area (Å²) in [7, 11) is 0. The van der Waals surface area contributed by atoms with Gasteiger partial charge in [0.25, 0.3) is 0 Å². The molecule has 3 atom stereocenters. The van der Waals surface area contributed by atoms with E-state index in [1.165, 1.54) is 19.1 Å². The van der Waals surface area contributed by atoms with E-state index >= 15 is 0 Å². The molecule has 2 amide bonds. The molecule has 3 unspecified atom stereocenters. The van der Waals surface area contributed by atoms with E-state index in [-0.39, 0.29) is 35.6 Å². The van der Waals surface area contributed by atoms with Crippen molar-refractivity contribution < 1.29 is 14.0 Å². The van der Waals surface area contributed by atoms with Gasteiger partial charge in [-0.2, -0.15) is 0 Å². The zero-order valence-corrected chi connectivity index (χ0v) is 19.6. The highest BCUT2D eigenvalue weighted by molar-refractivity contribution is 6.30. The van der Waals surface area contributed by atoms with Crippen LogP contribution in [-0.2, 0) is 16.1 Å². The van der Waals surface area contributed by atoms with E-state index in [9.17, 15) is 14.0 Å². The molecular weight excluding hydrogens is 429 g/mol. The molecule has 1 N–H and O–H groups in total. The number of hydrogen-bond acceptors (Lipinski definition) is 3. The van der Waals surface area contributed by atoms with Gasteiger partial charge in [-0.25, -0.2) is 4.39 Å². The molecular formula is C25H31ClFN3O2. The lowest BCUT2D eigenvalue weighted by Gasteiger charge is -2.44. The largest absolute Gasteiger partial charge is 0.356 e. The number of rotatable bonds is 7. The second-order valence-corrected chi connectivity index (χ2v) is 9.13. The van der Waals surface area contributed by atoms with E-state index in [4.69, 9.17) is 11.6 Å². The van der Waals surface area contributed by atoms with Gasteiger partial charge in [0.15, 0.2) is 0 Å². The summed E-state index contributed by atoms with van der Waals surface area (Å²) in [6.07, 6.45) is 0.316. The van der Waals surface area contributed by atoms with E-state index in [1.807, 2.05) is 29.2 Å². The molecule has 1 fully saturated rings. The molecule has 0 radical (unpaired) electrons. The predicted octanol–water partition coefficient (Wildman–Crippen LogP) is 4.21. The van der Waals surface area contributed by atoms with Gasteiger partial charge in [-0.05, 0) is 49.2 Å². The van der Waals surface area contributed by atoms with Crippen LogP contribution in [0.5, 0.6) is 0 Å². The highest BCUT2D eigenvalue weighted by atomic mass is 35.5. The smallest absolute Gasteiger partial charge is 0.223 e. The summed E-state index contributed by atoms with van der Waals surface area (Å²) in [5.41, 5.74) is 2.04.